The average Bonchev–Trinajstić information content (AvgIpc) is 1.56. The Morgan fingerprint density at radius 2 is 0.567 bits per heavy atom. The summed E-state index contributed by atoms with van der Waals surface area (Å²) in [5.41, 5.74) is 17.9. The monoisotopic (exact) mass is 1160 g/mol. The predicted molar refractivity (Wildman–Crippen MR) is 360 cm³/mol. The van der Waals surface area contributed by atoms with Crippen LogP contribution in [0.1, 0.15) is 5.56 Å². The molecule has 0 saturated heterocycles. The molecule has 90 heavy (non-hydrogen) atoms. The molecule has 0 N–H and O–H groups in total. The number of benzene rings is 10. The van der Waals surface area contributed by atoms with Crippen LogP contribution in [-0.2, 0) is 0 Å². The van der Waals surface area contributed by atoms with Gasteiger partial charge in [-0.15, -0.1) is 0 Å². The van der Waals surface area contributed by atoms with E-state index in [4.69, 9.17) is 19.9 Å². The molecule has 0 unspecified atom stereocenters. The predicted octanol–water partition coefficient (Wildman–Crippen LogP) is 20.6. The normalized spacial score (nSPS) is 11.4. The van der Waals surface area contributed by atoms with Crippen LogP contribution in [-0.4, -0.2) is 29.1 Å². The number of aromatic nitrogens is 6. The smallest absolute Gasteiger partial charge is 0.134 e. The van der Waals surface area contributed by atoms with Crippen molar-refractivity contribution in [2.24, 2.45) is 0 Å². The van der Waals surface area contributed by atoms with Gasteiger partial charge >= 0.3 is 0 Å². The fourth-order valence-electron chi connectivity index (χ4n) is 13.1. The lowest BCUT2D eigenvalue weighted by molar-refractivity contribution is 0.589. The van der Waals surface area contributed by atoms with E-state index in [9.17, 15) is 5.26 Å². The first-order valence-corrected chi connectivity index (χ1v) is 29.7. The van der Waals surface area contributed by atoms with Crippen LogP contribution in [0.3, 0.4) is 0 Å². The van der Waals surface area contributed by atoms with Crippen LogP contribution < -0.4 is 0 Å². The van der Waals surface area contributed by atoms with E-state index in [1.165, 1.54) is 18.2 Å². The van der Waals surface area contributed by atoms with Crippen LogP contribution >= 0.6 is 0 Å². The summed E-state index contributed by atoms with van der Waals surface area (Å²) in [4.78, 5) is 19.8. The SMILES string of the molecule is N#Cc1cc(-n2c3cc(-c4cccnc4-c4ccccc4)ccc3c3ccc(-c4cccnc4-c4ccccc4)cc32)c(-c2c(F)cccc2F)c(-n2c3cc(-c4cccnc4-c4ccccc4)ccc3c3ccc(-c4cccnc4-c4ccccc4)cc32)c1. The molecule has 9 heteroatoms. The van der Waals surface area contributed by atoms with Gasteiger partial charge < -0.3 is 9.13 Å². The van der Waals surface area contributed by atoms with Gasteiger partial charge in [0.15, 0.2) is 0 Å². The van der Waals surface area contributed by atoms with Gasteiger partial charge in [0.1, 0.15) is 11.6 Å². The van der Waals surface area contributed by atoms with Crippen molar-refractivity contribution in [1.29, 1.82) is 5.26 Å². The van der Waals surface area contributed by atoms with Crippen LogP contribution in [0.25, 0.3) is 156 Å². The maximum absolute atomic E-state index is 17.8. The molecule has 16 rings (SSSR count). The molecule has 0 spiro atoms. The van der Waals surface area contributed by atoms with E-state index in [0.29, 0.717) is 11.4 Å². The van der Waals surface area contributed by atoms with Crippen LogP contribution in [0.4, 0.5) is 8.78 Å². The molecule has 10 aromatic carbocycles. The van der Waals surface area contributed by atoms with E-state index in [2.05, 4.69) is 112 Å². The summed E-state index contributed by atoms with van der Waals surface area (Å²) >= 11 is 0. The van der Waals surface area contributed by atoms with Gasteiger partial charge in [-0.2, -0.15) is 5.26 Å². The number of nitrogens with zero attached hydrogens (tertiary/aromatic N) is 7. The minimum Gasteiger partial charge on any atom is -0.308 e. The van der Waals surface area contributed by atoms with Crippen molar-refractivity contribution in [2.75, 3.05) is 0 Å². The van der Waals surface area contributed by atoms with Crippen LogP contribution in [0.5, 0.6) is 0 Å². The van der Waals surface area contributed by atoms with Crippen molar-refractivity contribution >= 4 is 43.6 Å². The van der Waals surface area contributed by atoms with Crippen molar-refractivity contribution in [2.45, 2.75) is 0 Å². The third-order valence-corrected chi connectivity index (χ3v) is 17.1. The number of rotatable bonds is 11. The lowest BCUT2D eigenvalue weighted by Crippen LogP contribution is -2.07. The van der Waals surface area contributed by atoms with E-state index in [0.717, 1.165) is 133 Å². The van der Waals surface area contributed by atoms with E-state index in [-0.39, 0.29) is 16.7 Å². The third kappa shape index (κ3) is 9.09. The maximum Gasteiger partial charge on any atom is 0.134 e. The summed E-state index contributed by atoms with van der Waals surface area (Å²) in [5.74, 6) is -1.55. The molecule has 0 atom stereocenters. The van der Waals surface area contributed by atoms with E-state index in [1.807, 2.05) is 146 Å². The highest BCUT2D eigenvalue weighted by atomic mass is 19.1. The van der Waals surface area contributed by atoms with E-state index >= 15 is 8.78 Å². The summed E-state index contributed by atoms with van der Waals surface area (Å²) in [6, 6.07) is 91.9. The van der Waals surface area contributed by atoms with Gasteiger partial charge in [-0.05, 0) is 95.1 Å². The Labute approximate surface area is 517 Å². The summed E-state index contributed by atoms with van der Waals surface area (Å²) < 4.78 is 39.8. The van der Waals surface area contributed by atoms with Crippen molar-refractivity contribution in [1.82, 2.24) is 29.1 Å². The molecule has 0 bridgehead atoms. The Kier molecular flexibility index (Phi) is 13.2. The molecule has 0 fully saturated rings. The quantitative estimate of drug-likeness (QED) is 0.129. The Morgan fingerprint density at radius 1 is 0.278 bits per heavy atom. The largest absolute Gasteiger partial charge is 0.308 e. The van der Waals surface area contributed by atoms with Gasteiger partial charge in [-0.25, -0.2) is 8.78 Å². The Bertz CT molecular complexity index is 4910. The Hall–Kier alpha value is -12.3. The molecule has 0 saturated carbocycles. The van der Waals surface area contributed by atoms with Gasteiger partial charge in [-0.1, -0.05) is 200 Å². The summed E-state index contributed by atoms with van der Waals surface area (Å²) in [5, 5.41) is 15.1. The summed E-state index contributed by atoms with van der Waals surface area (Å²) in [6.45, 7) is 0. The standard InChI is InChI=1S/C81H49F2N7/c82-68-30-13-31-69(83)76(68)77-74(89-70-46-56(60-26-14-40-85-78(60)52-18-5-1-6-19-52)32-36-64(70)65-37-33-57(47-71(65)89)61-27-15-41-86-79(61)53-20-7-2-8-21-53)44-51(50-84)45-75(77)90-72-48-58(62-28-16-42-87-80(62)54-22-9-3-10-23-54)34-38-66(72)67-39-35-59(49-73(67)90)63-29-17-43-88-81(63)55-24-11-4-12-25-55/h1-49H. The van der Waals surface area contributed by atoms with Gasteiger partial charge in [0, 0.05) is 96.4 Å². The molecule has 0 aliphatic rings. The molecule has 7 nitrogen and oxygen atoms in total. The molecule has 0 radical (unpaired) electrons. The zero-order valence-corrected chi connectivity index (χ0v) is 48.2. The molecule has 6 aromatic heterocycles. The van der Waals surface area contributed by atoms with Gasteiger partial charge in [0.25, 0.3) is 0 Å². The fourth-order valence-corrected chi connectivity index (χ4v) is 13.1. The second-order valence-corrected chi connectivity index (χ2v) is 22.3. The lowest BCUT2D eigenvalue weighted by atomic mass is 9.96. The molecule has 422 valence electrons. The Morgan fingerprint density at radius 3 is 0.844 bits per heavy atom. The fraction of sp³-hybridized carbons (Fsp3) is 0. The number of halogens is 2. The average molecular weight is 1160 g/mol. The molecule has 6 heterocycles. The van der Waals surface area contributed by atoms with Crippen molar-refractivity contribution < 1.29 is 8.78 Å². The summed E-state index contributed by atoms with van der Waals surface area (Å²) in [6.07, 6.45) is 7.20. The third-order valence-electron chi connectivity index (χ3n) is 17.1. The van der Waals surface area contributed by atoms with Crippen molar-refractivity contribution in [3.63, 3.8) is 0 Å². The number of hydrogen-bond acceptors (Lipinski definition) is 5. The highest BCUT2D eigenvalue weighted by molar-refractivity contribution is 6.15. The molecule has 0 aliphatic carbocycles. The summed E-state index contributed by atoms with van der Waals surface area (Å²) in [7, 11) is 0. The first kappa shape index (κ1) is 53.2. The molecule has 0 aliphatic heterocycles. The number of fused-ring (bicyclic) bond motifs is 6. The minimum atomic E-state index is -0.775. The van der Waals surface area contributed by atoms with Gasteiger partial charge in [0.2, 0.25) is 0 Å². The zero-order chi connectivity index (χ0) is 60.2. The lowest BCUT2D eigenvalue weighted by Gasteiger charge is -2.22. The van der Waals surface area contributed by atoms with Crippen molar-refractivity contribution in [3.8, 4) is 118 Å². The first-order valence-electron chi connectivity index (χ1n) is 29.7. The number of hydrogen-bond donors (Lipinski definition) is 0. The molecular weight excluding hydrogens is 1110 g/mol. The zero-order valence-electron chi connectivity index (χ0n) is 48.2. The minimum absolute atomic E-state index is 0.226. The van der Waals surface area contributed by atoms with Gasteiger partial charge in [0.05, 0.1) is 73.4 Å². The maximum atomic E-state index is 17.8. The molecular formula is C81H49F2N7. The molecule has 16 aromatic rings. The van der Waals surface area contributed by atoms with Crippen LogP contribution in [0.15, 0.2) is 298 Å². The number of nitriles is 1. The number of pyridine rings is 4. The van der Waals surface area contributed by atoms with E-state index < -0.39 is 11.6 Å². The first-order chi connectivity index (χ1) is 44.5. The highest BCUT2D eigenvalue weighted by Gasteiger charge is 2.29. The highest BCUT2D eigenvalue weighted by Crippen LogP contribution is 2.48. The van der Waals surface area contributed by atoms with Gasteiger partial charge in [-0.3, -0.25) is 19.9 Å². The topological polar surface area (TPSA) is 85.2 Å². The second kappa shape index (κ2) is 22.2. The van der Waals surface area contributed by atoms with E-state index in [1.54, 1.807) is 36.9 Å². The Balaban J connectivity index is 1.05. The second-order valence-electron chi connectivity index (χ2n) is 22.3. The van der Waals surface area contributed by atoms with Crippen LogP contribution in [0.2, 0.25) is 0 Å². The van der Waals surface area contributed by atoms with Crippen molar-refractivity contribution in [3.05, 3.63) is 315 Å². The molecule has 0 amide bonds. The van der Waals surface area contributed by atoms with Crippen LogP contribution in [0, 0.1) is 23.0 Å².